The van der Waals surface area contributed by atoms with Crippen LogP contribution in [0, 0.1) is 5.92 Å². The van der Waals surface area contributed by atoms with Gasteiger partial charge in [0.05, 0.1) is 0 Å². The maximum atomic E-state index is 10.2. The maximum absolute atomic E-state index is 10.2. The molecule has 0 aliphatic heterocycles. The zero-order chi connectivity index (χ0) is 14.1. The van der Waals surface area contributed by atoms with Gasteiger partial charge in [-0.25, -0.2) is 0 Å². The zero-order valence-corrected chi connectivity index (χ0v) is 13.3. The molecule has 0 aliphatic carbocycles. The molecule has 0 heterocycles. The fraction of sp³-hybridized carbons (Fsp3) is 0.625. The summed E-state index contributed by atoms with van der Waals surface area (Å²) in [5.41, 5.74) is 0. The Morgan fingerprint density at radius 1 is 0.895 bits per heavy atom. The molecule has 2 N–H and O–H groups in total. The molecule has 1 aromatic rings. The van der Waals surface area contributed by atoms with Crippen LogP contribution in [0.25, 0.3) is 0 Å². The van der Waals surface area contributed by atoms with Crippen LogP contribution in [0.3, 0.4) is 0 Å². The SMILES string of the molecule is CC(C)CCCCCCC[PH](O)(O)c1ccccc1. The number of rotatable bonds is 9. The molecule has 0 saturated carbocycles. The molecule has 110 valence electrons. The Balaban J connectivity index is 2.15. The van der Waals surface area contributed by atoms with Crippen LogP contribution in [0.5, 0.6) is 0 Å². The molecule has 0 fully saturated rings. The summed E-state index contributed by atoms with van der Waals surface area (Å²) in [6.45, 7) is 4.52. The van der Waals surface area contributed by atoms with Gasteiger partial charge in [-0.2, -0.15) is 0 Å². The third-order valence-electron chi connectivity index (χ3n) is 3.54. The summed E-state index contributed by atoms with van der Waals surface area (Å²) in [5.74, 6) is 0.799. The van der Waals surface area contributed by atoms with E-state index in [-0.39, 0.29) is 0 Å². The van der Waals surface area contributed by atoms with Crippen LogP contribution < -0.4 is 5.30 Å². The third-order valence-corrected chi connectivity index (χ3v) is 5.85. The molecule has 2 nitrogen and oxygen atoms in total. The molecule has 0 aliphatic rings. The zero-order valence-electron chi connectivity index (χ0n) is 12.3. The van der Waals surface area contributed by atoms with Crippen LogP contribution in [-0.4, -0.2) is 15.9 Å². The first-order valence-corrected chi connectivity index (χ1v) is 9.63. The summed E-state index contributed by atoms with van der Waals surface area (Å²) in [6.07, 6.45) is 7.69. The number of hydrogen-bond donors (Lipinski definition) is 2. The van der Waals surface area contributed by atoms with Crippen molar-refractivity contribution in [3.05, 3.63) is 30.3 Å². The Hall–Kier alpha value is -0.430. The van der Waals surface area contributed by atoms with Crippen LogP contribution >= 0.6 is 7.72 Å². The molecule has 0 saturated heterocycles. The van der Waals surface area contributed by atoms with Crippen molar-refractivity contribution in [2.75, 3.05) is 6.16 Å². The summed E-state index contributed by atoms with van der Waals surface area (Å²) >= 11 is 0. The molecule has 0 bridgehead atoms. The van der Waals surface area contributed by atoms with E-state index in [1.165, 1.54) is 25.7 Å². The molecular weight excluding hydrogens is 255 g/mol. The molecule has 0 unspecified atom stereocenters. The van der Waals surface area contributed by atoms with E-state index in [0.717, 1.165) is 24.1 Å². The first-order valence-electron chi connectivity index (χ1n) is 7.52. The van der Waals surface area contributed by atoms with Gasteiger partial charge in [-0.3, -0.25) is 0 Å². The van der Waals surface area contributed by atoms with E-state index in [1.807, 2.05) is 30.3 Å². The fourth-order valence-electron chi connectivity index (χ4n) is 2.30. The summed E-state index contributed by atoms with van der Waals surface area (Å²) in [5, 5.41) is 0.731. The van der Waals surface area contributed by atoms with Gasteiger partial charge in [0, 0.05) is 0 Å². The molecule has 0 atom stereocenters. The van der Waals surface area contributed by atoms with E-state index in [4.69, 9.17) is 0 Å². The Morgan fingerprint density at radius 3 is 2.11 bits per heavy atom. The standard InChI is InChI=1S/C16H29O2P/c1-15(2)11-7-4-3-5-10-14-19(17,18)16-12-8-6-9-13-16/h6,8-9,12-13,15,17-19H,3-5,7,10-11,14H2,1-2H3. The van der Waals surface area contributed by atoms with Crippen molar-refractivity contribution in [3.8, 4) is 0 Å². The Bertz CT molecular complexity index is 336. The van der Waals surface area contributed by atoms with Crippen molar-refractivity contribution in [1.29, 1.82) is 0 Å². The van der Waals surface area contributed by atoms with E-state index < -0.39 is 7.72 Å². The van der Waals surface area contributed by atoms with Gasteiger partial charge in [0.1, 0.15) is 0 Å². The molecule has 1 aromatic carbocycles. The predicted molar refractivity (Wildman–Crippen MR) is 86.2 cm³/mol. The first-order chi connectivity index (χ1) is 9.02. The minimum absolute atomic E-state index is 0.557. The number of unbranched alkanes of at least 4 members (excludes halogenated alkanes) is 4. The van der Waals surface area contributed by atoms with Crippen molar-refractivity contribution in [2.45, 2.75) is 52.4 Å². The molecule has 0 amide bonds. The van der Waals surface area contributed by atoms with Crippen LogP contribution in [0.1, 0.15) is 52.4 Å². The molecule has 3 heteroatoms. The van der Waals surface area contributed by atoms with Crippen molar-refractivity contribution >= 4 is 13.0 Å². The Morgan fingerprint density at radius 2 is 1.47 bits per heavy atom. The second-order valence-corrected chi connectivity index (χ2v) is 8.59. The summed E-state index contributed by atoms with van der Waals surface area (Å²) in [6, 6.07) is 9.30. The van der Waals surface area contributed by atoms with Crippen molar-refractivity contribution in [2.24, 2.45) is 5.92 Å². The van der Waals surface area contributed by atoms with Crippen LogP contribution in [0.4, 0.5) is 0 Å². The second-order valence-electron chi connectivity index (χ2n) is 5.88. The number of hydrogen-bond acceptors (Lipinski definition) is 2. The van der Waals surface area contributed by atoms with E-state index in [1.54, 1.807) is 0 Å². The van der Waals surface area contributed by atoms with Gasteiger partial charge in [0.2, 0.25) is 0 Å². The monoisotopic (exact) mass is 284 g/mol. The van der Waals surface area contributed by atoms with Crippen LogP contribution in [0.15, 0.2) is 30.3 Å². The van der Waals surface area contributed by atoms with Gasteiger partial charge in [0.15, 0.2) is 0 Å². The first kappa shape index (κ1) is 16.6. The van der Waals surface area contributed by atoms with Gasteiger partial charge >= 0.3 is 118 Å². The van der Waals surface area contributed by atoms with Crippen molar-refractivity contribution in [3.63, 3.8) is 0 Å². The topological polar surface area (TPSA) is 40.5 Å². The van der Waals surface area contributed by atoms with Gasteiger partial charge in [-0.1, -0.05) is 0 Å². The summed E-state index contributed by atoms with van der Waals surface area (Å²) < 4.78 is 0. The van der Waals surface area contributed by atoms with Gasteiger partial charge in [0.25, 0.3) is 0 Å². The van der Waals surface area contributed by atoms with E-state index in [2.05, 4.69) is 13.8 Å². The molecule has 19 heavy (non-hydrogen) atoms. The Kier molecular flexibility index (Phi) is 7.60. The fourth-order valence-corrected chi connectivity index (χ4v) is 4.06. The third kappa shape index (κ3) is 7.06. The van der Waals surface area contributed by atoms with Crippen molar-refractivity contribution < 1.29 is 9.79 Å². The van der Waals surface area contributed by atoms with Crippen LogP contribution in [-0.2, 0) is 0 Å². The minimum atomic E-state index is -3.17. The molecular formula is C16H29O2P. The van der Waals surface area contributed by atoms with Crippen molar-refractivity contribution in [1.82, 2.24) is 0 Å². The molecule has 1 rings (SSSR count). The van der Waals surface area contributed by atoms with E-state index in [0.29, 0.717) is 6.16 Å². The van der Waals surface area contributed by atoms with Gasteiger partial charge in [-0.15, -0.1) is 0 Å². The normalized spacial score (nSPS) is 12.9. The summed E-state index contributed by atoms with van der Waals surface area (Å²) in [7, 11) is -3.17. The molecule has 0 spiro atoms. The van der Waals surface area contributed by atoms with E-state index >= 15 is 0 Å². The number of benzene rings is 1. The molecule has 0 aromatic heterocycles. The average molecular weight is 284 g/mol. The van der Waals surface area contributed by atoms with E-state index in [9.17, 15) is 9.79 Å². The predicted octanol–water partition coefficient (Wildman–Crippen LogP) is 3.87. The van der Waals surface area contributed by atoms with Gasteiger partial charge in [-0.05, 0) is 0 Å². The van der Waals surface area contributed by atoms with Crippen LogP contribution in [0.2, 0.25) is 0 Å². The molecule has 0 radical (unpaired) electrons. The quantitative estimate of drug-likeness (QED) is 0.534. The summed E-state index contributed by atoms with van der Waals surface area (Å²) in [4.78, 5) is 20.3. The average Bonchev–Trinajstić information content (AvgIpc) is 2.38. The Labute approximate surface area is 118 Å². The van der Waals surface area contributed by atoms with Gasteiger partial charge < -0.3 is 0 Å². The second kappa shape index (κ2) is 8.68.